The Balaban J connectivity index is 1.81. The topological polar surface area (TPSA) is 99.5 Å². The van der Waals surface area contributed by atoms with E-state index in [4.69, 9.17) is 4.74 Å². The van der Waals surface area contributed by atoms with E-state index in [9.17, 15) is 19.6 Å². The lowest BCUT2D eigenvalue weighted by molar-refractivity contribution is -0.152. The molecule has 1 saturated heterocycles. The van der Waals surface area contributed by atoms with Crippen LogP contribution >= 0.6 is 0 Å². The van der Waals surface area contributed by atoms with Crippen LogP contribution in [0.5, 0.6) is 0 Å². The lowest BCUT2D eigenvalue weighted by Gasteiger charge is -2.27. The van der Waals surface area contributed by atoms with Crippen LogP contribution < -0.4 is 5.32 Å². The molecule has 0 bridgehead atoms. The normalized spacial score (nSPS) is 23.4. The number of ether oxygens (including phenoxy) is 1. The fourth-order valence-electron chi connectivity index (χ4n) is 3.34. The molecule has 2 amide bonds. The molecule has 0 spiro atoms. The molecule has 0 aromatic heterocycles. The molecule has 1 aliphatic heterocycles. The summed E-state index contributed by atoms with van der Waals surface area (Å²) in [5, 5.41) is 11.8. The Morgan fingerprint density at radius 3 is 2.60 bits per heavy atom. The predicted octanol–water partition coefficient (Wildman–Crippen LogP) is 1.38. The smallest absolute Gasteiger partial charge is 0.311 e. The van der Waals surface area contributed by atoms with Crippen LogP contribution in [0.15, 0.2) is 0 Å². The number of nitrogens with one attached hydrogen (secondary N) is 1. The van der Waals surface area contributed by atoms with E-state index in [1.54, 1.807) is 11.8 Å². The van der Waals surface area contributed by atoms with Gasteiger partial charge in [-0.25, -0.2) is 0 Å². The molecule has 2 rings (SSSR count). The third-order valence-corrected chi connectivity index (χ3v) is 5.39. The first-order valence-electron chi connectivity index (χ1n) is 8.95. The molecule has 0 unspecified atom stereocenters. The molecular weight excluding hydrogens is 322 g/mol. The number of rotatable bonds is 6. The Labute approximate surface area is 148 Å². The molecule has 1 N–H and O–H groups in total. The van der Waals surface area contributed by atoms with Crippen LogP contribution in [0.1, 0.15) is 52.9 Å². The van der Waals surface area contributed by atoms with E-state index < -0.39 is 29.9 Å². The van der Waals surface area contributed by atoms with Crippen LogP contribution in [-0.4, -0.2) is 47.4 Å². The van der Waals surface area contributed by atoms with E-state index in [2.05, 4.69) is 11.4 Å². The van der Waals surface area contributed by atoms with Gasteiger partial charge < -0.3 is 15.0 Å². The number of carbonyl (C=O) groups is 3. The number of nitriles is 1. The minimum atomic E-state index is -1.01. The van der Waals surface area contributed by atoms with Crippen molar-refractivity contribution in [2.75, 3.05) is 13.2 Å². The maximum Gasteiger partial charge on any atom is 0.311 e. The molecule has 1 heterocycles. The van der Waals surface area contributed by atoms with Gasteiger partial charge in [0.2, 0.25) is 5.91 Å². The van der Waals surface area contributed by atoms with Gasteiger partial charge in [-0.1, -0.05) is 26.7 Å². The van der Waals surface area contributed by atoms with E-state index >= 15 is 0 Å². The Morgan fingerprint density at radius 2 is 2.04 bits per heavy atom. The van der Waals surface area contributed by atoms with Gasteiger partial charge in [0.05, 0.1) is 12.0 Å². The van der Waals surface area contributed by atoms with E-state index in [0.29, 0.717) is 6.54 Å². The van der Waals surface area contributed by atoms with Gasteiger partial charge in [-0.2, -0.15) is 5.26 Å². The van der Waals surface area contributed by atoms with Gasteiger partial charge in [0.15, 0.2) is 6.61 Å². The zero-order valence-electron chi connectivity index (χ0n) is 15.2. The fourth-order valence-corrected chi connectivity index (χ4v) is 3.34. The summed E-state index contributed by atoms with van der Waals surface area (Å²) in [5.41, 5.74) is -1.01. The third-order valence-electron chi connectivity index (χ3n) is 5.39. The van der Waals surface area contributed by atoms with Gasteiger partial charge in [0.25, 0.3) is 5.91 Å². The number of hydrogen-bond acceptors (Lipinski definition) is 5. The first-order chi connectivity index (χ1) is 11.8. The average molecular weight is 349 g/mol. The van der Waals surface area contributed by atoms with E-state index in [0.717, 1.165) is 25.7 Å². The van der Waals surface area contributed by atoms with Crippen molar-refractivity contribution in [2.24, 2.45) is 11.8 Å². The highest BCUT2D eigenvalue weighted by molar-refractivity contribution is 5.88. The highest BCUT2D eigenvalue weighted by atomic mass is 16.5. The SMILES string of the molecule is CC(C)[C@](C)(C#N)NC(=O)COC(=O)[C@H]1CC(=O)N(C2CCCC2)C1. The molecule has 2 atom stereocenters. The average Bonchev–Trinajstić information content (AvgIpc) is 3.21. The van der Waals surface area contributed by atoms with Crippen molar-refractivity contribution in [3.05, 3.63) is 0 Å². The van der Waals surface area contributed by atoms with Gasteiger partial charge in [-0.3, -0.25) is 14.4 Å². The van der Waals surface area contributed by atoms with Crippen LogP contribution in [-0.2, 0) is 19.1 Å². The molecule has 0 aromatic rings. The Bertz CT molecular complexity index is 577. The van der Waals surface area contributed by atoms with Gasteiger partial charge >= 0.3 is 5.97 Å². The van der Waals surface area contributed by atoms with Gasteiger partial charge in [-0.15, -0.1) is 0 Å². The first-order valence-corrected chi connectivity index (χ1v) is 8.95. The second-order valence-electron chi connectivity index (χ2n) is 7.51. The summed E-state index contributed by atoms with van der Waals surface area (Å²) in [5.74, 6) is -1.62. The zero-order valence-corrected chi connectivity index (χ0v) is 15.2. The second-order valence-corrected chi connectivity index (χ2v) is 7.51. The number of nitrogens with zero attached hydrogens (tertiary/aromatic N) is 2. The van der Waals surface area contributed by atoms with Crippen molar-refractivity contribution in [1.82, 2.24) is 10.2 Å². The van der Waals surface area contributed by atoms with Gasteiger partial charge in [0.1, 0.15) is 5.54 Å². The summed E-state index contributed by atoms with van der Waals surface area (Å²) in [6.07, 6.45) is 4.39. The lowest BCUT2D eigenvalue weighted by atomic mass is 9.90. The molecule has 0 aromatic carbocycles. The lowest BCUT2D eigenvalue weighted by Crippen LogP contribution is -2.50. The van der Waals surface area contributed by atoms with E-state index in [1.165, 1.54) is 0 Å². The third kappa shape index (κ3) is 4.50. The maximum absolute atomic E-state index is 12.2. The minimum absolute atomic E-state index is 0.00448. The summed E-state index contributed by atoms with van der Waals surface area (Å²) in [6.45, 7) is 5.24. The second kappa shape index (κ2) is 7.85. The van der Waals surface area contributed by atoms with Crippen LogP contribution in [0.4, 0.5) is 0 Å². The van der Waals surface area contributed by atoms with Crippen molar-refractivity contribution in [3.63, 3.8) is 0 Å². The van der Waals surface area contributed by atoms with Crippen LogP contribution in [0, 0.1) is 23.2 Å². The molecular formula is C18H27N3O4. The molecule has 1 saturated carbocycles. The van der Waals surface area contributed by atoms with Crippen LogP contribution in [0.25, 0.3) is 0 Å². The highest BCUT2D eigenvalue weighted by Gasteiger charge is 2.39. The molecule has 2 aliphatic rings. The molecule has 1 aliphatic carbocycles. The van der Waals surface area contributed by atoms with Crippen molar-refractivity contribution >= 4 is 17.8 Å². The molecule has 2 fully saturated rings. The Morgan fingerprint density at radius 1 is 1.40 bits per heavy atom. The summed E-state index contributed by atoms with van der Waals surface area (Å²) in [6, 6.07) is 2.32. The number of likely N-dealkylation sites (tertiary alicyclic amines) is 1. The van der Waals surface area contributed by atoms with Crippen molar-refractivity contribution < 1.29 is 19.1 Å². The first kappa shape index (κ1) is 19.2. The fraction of sp³-hybridized carbons (Fsp3) is 0.778. The molecule has 0 radical (unpaired) electrons. The minimum Gasteiger partial charge on any atom is -0.455 e. The maximum atomic E-state index is 12.2. The van der Waals surface area contributed by atoms with Crippen LogP contribution in [0.3, 0.4) is 0 Å². The highest BCUT2D eigenvalue weighted by Crippen LogP contribution is 2.29. The summed E-state index contributed by atoms with van der Waals surface area (Å²) >= 11 is 0. The monoisotopic (exact) mass is 349 g/mol. The van der Waals surface area contributed by atoms with Crippen LogP contribution in [0.2, 0.25) is 0 Å². The largest absolute Gasteiger partial charge is 0.455 e. The molecule has 25 heavy (non-hydrogen) atoms. The molecule has 7 nitrogen and oxygen atoms in total. The standard InChI is InChI=1S/C18H27N3O4/c1-12(2)18(3,11-19)20-15(22)10-25-17(24)13-8-16(23)21(9-13)14-6-4-5-7-14/h12-14H,4-10H2,1-3H3,(H,20,22)/t13-,18-/m0/s1. The summed E-state index contributed by atoms with van der Waals surface area (Å²) in [7, 11) is 0. The Hall–Kier alpha value is -2.10. The van der Waals surface area contributed by atoms with Gasteiger partial charge in [0, 0.05) is 19.0 Å². The molecule has 7 heteroatoms. The van der Waals surface area contributed by atoms with Crippen molar-refractivity contribution in [2.45, 2.75) is 64.5 Å². The predicted molar refractivity (Wildman–Crippen MR) is 90.0 cm³/mol. The number of esters is 1. The van der Waals surface area contributed by atoms with Crippen molar-refractivity contribution in [3.8, 4) is 6.07 Å². The Kier molecular flexibility index (Phi) is 6.04. The number of hydrogen-bond donors (Lipinski definition) is 1. The van der Waals surface area contributed by atoms with E-state index in [1.807, 2.05) is 13.8 Å². The van der Waals surface area contributed by atoms with E-state index in [-0.39, 0.29) is 24.3 Å². The molecule has 138 valence electrons. The number of carbonyl (C=O) groups excluding carboxylic acids is 3. The van der Waals surface area contributed by atoms with Crippen molar-refractivity contribution in [1.29, 1.82) is 5.26 Å². The number of amides is 2. The zero-order chi connectivity index (χ0) is 18.6. The summed E-state index contributed by atoms with van der Waals surface area (Å²) in [4.78, 5) is 38.1. The summed E-state index contributed by atoms with van der Waals surface area (Å²) < 4.78 is 5.08. The van der Waals surface area contributed by atoms with Gasteiger partial charge in [-0.05, 0) is 25.7 Å². The quantitative estimate of drug-likeness (QED) is 0.730.